The van der Waals surface area contributed by atoms with Gasteiger partial charge in [0.25, 0.3) is 0 Å². The second kappa shape index (κ2) is 5.35. The number of carboxylic acid groups (broad SMARTS) is 1. The van der Waals surface area contributed by atoms with Gasteiger partial charge in [0.2, 0.25) is 0 Å². The number of hydrogen-bond acceptors (Lipinski definition) is 3. The van der Waals surface area contributed by atoms with Gasteiger partial charge in [0.05, 0.1) is 11.1 Å². The molecule has 0 unspecified atom stereocenters. The molecule has 1 N–H and O–H groups in total. The van der Waals surface area contributed by atoms with Gasteiger partial charge in [-0.25, -0.2) is 9.59 Å². The fourth-order valence-corrected chi connectivity index (χ4v) is 1.63. The van der Waals surface area contributed by atoms with Gasteiger partial charge >= 0.3 is 11.9 Å². The van der Waals surface area contributed by atoms with Crippen molar-refractivity contribution in [3.05, 3.63) is 65.2 Å². The molecular weight excluding hydrogens is 244 g/mol. The first-order valence-corrected chi connectivity index (χ1v) is 5.68. The van der Waals surface area contributed by atoms with Gasteiger partial charge < -0.3 is 9.84 Å². The van der Waals surface area contributed by atoms with E-state index >= 15 is 0 Å². The summed E-state index contributed by atoms with van der Waals surface area (Å²) in [5.74, 6) is -1.36. The van der Waals surface area contributed by atoms with Crippen LogP contribution in [0.4, 0.5) is 0 Å². The molecular formula is C15H12O4. The Morgan fingerprint density at radius 2 is 1.68 bits per heavy atom. The quantitative estimate of drug-likeness (QED) is 0.677. The maximum atomic E-state index is 11.9. The Morgan fingerprint density at radius 1 is 1.00 bits per heavy atom. The van der Waals surface area contributed by atoms with E-state index in [1.807, 2.05) is 13.0 Å². The number of esters is 1. The number of carbonyl (C=O) groups excluding carboxylic acids is 1. The molecule has 2 aromatic carbocycles. The van der Waals surface area contributed by atoms with Crippen LogP contribution in [0.25, 0.3) is 0 Å². The number of hydrogen-bond donors (Lipinski definition) is 1. The lowest BCUT2D eigenvalue weighted by atomic mass is 10.1. The summed E-state index contributed by atoms with van der Waals surface area (Å²) in [6, 6.07) is 12.8. The van der Waals surface area contributed by atoms with Gasteiger partial charge in [-0.2, -0.15) is 0 Å². The molecule has 0 spiro atoms. The normalized spacial score (nSPS) is 9.95. The summed E-state index contributed by atoms with van der Waals surface area (Å²) in [6.07, 6.45) is 0. The van der Waals surface area contributed by atoms with Crippen molar-refractivity contribution in [1.29, 1.82) is 0 Å². The van der Waals surface area contributed by atoms with Gasteiger partial charge in [0.1, 0.15) is 5.75 Å². The molecule has 4 heteroatoms. The summed E-state index contributed by atoms with van der Waals surface area (Å²) >= 11 is 0. The third-order valence-electron chi connectivity index (χ3n) is 2.55. The number of aromatic carboxylic acids is 1. The van der Waals surface area contributed by atoms with Crippen LogP contribution in [0.3, 0.4) is 0 Å². The molecule has 0 atom stereocenters. The molecule has 0 heterocycles. The van der Waals surface area contributed by atoms with Crippen LogP contribution < -0.4 is 4.74 Å². The molecule has 0 aliphatic rings. The minimum Gasteiger partial charge on any atom is -0.478 e. The van der Waals surface area contributed by atoms with Crippen LogP contribution in [0, 0.1) is 6.92 Å². The van der Waals surface area contributed by atoms with E-state index < -0.39 is 11.9 Å². The van der Waals surface area contributed by atoms with Gasteiger partial charge in [-0.05, 0) is 37.3 Å². The van der Waals surface area contributed by atoms with E-state index in [9.17, 15) is 9.59 Å². The number of benzene rings is 2. The predicted molar refractivity (Wildman–Crippen MR) is 69.5 cm³/mol. The molecule has 0 saturated heterocycles. The number of carbonyl (C=O) groups is 2. The molecule has 0 radical (unpaired) electrons. The molecule has 0 bridgehead atoms. The molecule has 4 nitrogen and oxygen atoms in total. The van der Waals surface area contributed by atoms with Crippen molar-refractivity contribution in [1.82, 2.24) is 0 Å². The average Bonchev–Trinajstić information content (AvgIpc) is 2.39. The summed E-state index contributed by atoms with van der Waals surface area (Å²) in [7, 11) is 0. The highest BCUT2D eigenvalue weighted by molar-refractivity contribution is 5.92. The van der Waals surface area contributed by atoms with E-state index in [0.717, 1.165) is 5.56 Å². The Bertz CT molecular complexity index is 632. The number of carboxylic acids is 1. The standard InChI is InChI=1S/C15H12O4/c1-10-4-2-6-12(8-10)15(18)19-13-7-3-5-11(9-13)14(16)17/h2-9H,1H3,(H,16,17). The minimum absolute atomic E-state index is 0.0783. The molecule has 96 valence electrons. The highest BCUT2D eigenvalue weighted by atomic mass is 16.5. The Morgan fingerprint density at radius 3 is 2.37 bits per heavy atom. The summed E-state index contributed by atoms with van der Waals surface area (Å²) in [4.78, 5) is 22.7. The van der Waals surface area contributed by atoms with Crippen molar-refractivity contribution in [2.24, 2.45) is 0 Å². The highest BCUT2D eigenvalue weighted by Gasteiger charge is 2.10. The number of rotatable bonds is 3. The summed E-state index contributed by atoms with van der Waals surface area (Å²) in [6.45, 7) is 1.88. The highest BCUT2D eigenvalue weighted by Crippen LogP contribution is 2.15. The molecule has 0 amide bonds. The molecule has 2 aromatic rings. The van der Waals surface area contributed by atoms with E-state index in [1.165, 1.54) is 18.2 Å². The first kappa shape index (κ1) is 12.8. The molecule has 0 aliphatic heterocycles. The lowest BCUT2D eigenvalue weighted by Gasteiger charge is -2.05. The van der Waals surface area contributed by atoms with Crippen LogP contribution in [0.1, 0.15) is 26.3 Å². The lowest BCUT2D eigenvalue weighted by Crippen LogP contribution is -2.09. The molecule has 0 aliphatic carbocycles. The van der Waals surface area contributed by atoms with Gasteiger partial charge in [-0.1, -0.05) is 23.8 Å². The van der Waals surface area contributed by atoms with Crippen LogP contribution in [0.2, 0.25) is 0 Å². The van der Waals surface area contributed by atoms with Crippen LogP contribution >= 0.6 is 0 Å². The van der Waals surface area contributed by atoms with E-state index in [1.54, 1.807) is 24.3 Å². The average molecular weight is 256 g/mol. The summed E-state index contributed by atoms with van der Waals surface area (Å²) in [5.41, 5.74) is 1.46. The molecule has 0 aromatic heterocycles. The fraction of sp³-hybridized carbons (Fsp3) is 0.0667. The molecule has 0 saturated carbocycles. The largest absolute Gasteiger partial charge is 0.478 e. The smallest absolute Gasteiger partial charge is 0.343 e. The molecule has 0 fully saturated rings. The SMILES string of the molecule is Cc1cccc(C(=O)Oc2cccc(C(=O)O)c2)c1. The van der Waals surface area contributed by atoms with Gasteiger partial charge in [-0.3, -0.25) is 0 Å². The number of aryl methyl sites for hydroxylation is 1. The van der Waals surface area contributed by atoms with Crippen molar-refractivity contribution >= 4 is 11.9 Å². The van der Waals surface area contributed by atoms with Crippen LogP contribution in [0.5, 0.6) is 5.75 Å². The molecule has 2 rings (SSSR count). The van der Waals surface area contributed by atoms with Crippen molar-refractivity contribution in [2.75, 3.05) is 0 Å². The summed E-state index contributed by atoms with van der Waals surface area (Å²) < 4.78 is 5.14. The first-order chi connectivity index (χ1) is 9.06. The van der Waals surface area contributed by atoms with Crippen LogP contribution in [-0.2, 0) is 0 Å². The first-order valence-electron chi connectivity index (χ1n) is 5.68. The van der Waals surface area contributed by atoms with Gasteiger partial charge in [0.15, 0.2) is 0 Å². The Labute approximate surface area is 110 Å². The monoisotopic (exact) mass is 256 g/mol. The fourth-order valence-electron chi connectivity index (χ4n) is 1.63. The zero-order chi connectivity index (χ0) is 13.8. The van der Waals surface area contributed by atoms with Crippen molar-refractivity contribution in [3.8, 4) is 5.75 Å². The maximum Gasteiger partial charge on any atom is 0.343 e. The van der Waals surface area contributed by atoms with E-state index in [4.69, 9.17) is 9.84 Å². The van der Waals surface area contributed by atoms with E-state index in [-0.39, 0.29) is 11.3 Å². The van der Waals surface area contributed by atoms with Gasteiger partial charge in [0, 0.05) is 0 Å². The number of ether oxygens (including phenoxy) is 1. The lowest BCUT2D eigenvalue weighted by molar-refractivity contribution is 0.0687. The van der Waals surface area contributed by atoms with Crippen molar-refractivity contribution in [3.63, 3.8) is 0 Å². The van der Waals surface area contributed by atoms with Crippen molar-refractivity contribution in [2.45, 2.75) is 6.92 Å². The zero-order valence-corrected chi connectivity index (χ0v) is 10.3. The van der Waals surface area contributed by atoms with Crippen molar-refractivity contribution < 1.29 is 19.4 Å². The third-order valence-corrected chi connectivity index (χ3v) is 2.55. The zero-order valence-electron chi connectivity index (χ0n) is 10.3. The topological polar surface area (TPSA) is 63.6 Å². The summed E-state index contributed by atoms with van der Waals surface area (Å²) in [5, 5.41) is 8.86. The predicted octanol–water partition coefficient (Wildman–Crippen LogP) is 2.91. The van der Waals surface area contributed by atoms with E-state index in [0.29, 0.717) is 5.56 Å². The van der Waals surface area contributed by atoms with Gasteiger partial charge in [-0.15, -0.1) is 0 Å². The second-order valence-electron chi connectivity index (χ2n) is 4.09. The maximum absolute atomic E-state index is 11.9. The van der Waals surface area contributed by atoms with Crippen LogP contribution in [-0.4, -0.2) is 17.0 Å². The van der Waals surface area contributed by atoms with E-state index in [2.05, 4.69) is 0 Å². The van der Waals surface area contributed by atoms with Crippen LogP contribution in [0.15, 0.2) is 48.5 Å². The Hall–Kier alpha value is -2.62. The molecule has 19 heavy (non-hydrogen) atoms. The second-order valence-corrected chi connectivity index (χ2v) is 4.09. The third kappa shape index (κ3) is 3.19. The minimum atomic E-state index is -1.06. The Kier molecular flexibility index (Phi) is 3.61. The Balaban J connectivity index is 2.19.